The Kier molecular flexibility index (Phi) is 4.70. The van der Waals surface area contributed by atoms with Crippen LogP contribution in [0.3, 0.4) is 0 Å². The van der Waals surface area contributed by atoms with E-state index >= 15 is 0 Å². The Labute approximate surface area is 165 Å². The van der Waals surface area contributed by atoms with Gasteiger partial charge in [0.2, 0.25) is 5.75 Å². The van der Waals surface area contributed by atoms with Crippen LogP contribution in [0.5, 0.6) is 11.5 Å². The maximum Gasteiger partial charge on any atom is 0.312 e. The average Bonchev–Trinajstić information content (AvgIpc) is 2.74. The smallest absolute Gasteiger partial charge is 0.312 e. The lowest BCUT2D eigenvalue weighted by molar-refractivity contribution is -0.385. The lowest BCUT2D eigenvalue weighted by Crippen LogP contribution is -1.96. The highest BCUT2D eigenvalue weighted by Crippen LogP contribution is 2.35. The monoisotopic (exact) mass is 385 g/mol. The van der Waals surface area contributed by atoms with Crippen molar-refractivity contribution in [3.05, 3.63) is 88.6 Å². The van der Waals surface area contributed by atoms with Crippen molar-refractivity contribution in [1.82, 2.24) is 9.97 Å². The number of ether oxygens (including phenoxy) is 1. The van der Waals surface area contributed by atoms with Crippen LogP contribution in [0, 0.1) is 10.1 Å². The van der Waals surface area contributed by atoms with E-state index in [4.69, 9.17) is 4.74 Å². The molecule has 142 valence electrons. The molecule has 0 unspecified atom stereocenters. The number of ketones is 1. The molecule has 4 aromatic rings. The number of hydrogen-bond donors (Lipinski definition) is 0. The molecule has 0 aliphatic carbocycles. The van der Waals surface area contributed by atoms with Crippen molar-refractivity contribution in [2.75, 3.05) is 0 Å². The second kappa shape index (κ2) is 7.47. The molecule has 0 fully saturated rings. The summed E-state index contributed by atoms with van der Waals surface area (Å²) in [5.41, 5.74) is 2.90. The number of benzene rings is 3. The molecule has 0 radical (unpaired) electrons. The normalized spacial score (nSPS) is 10.7. The Morgan fingerprint density at radius 1 is 1.00 bits per heavy atom. The summed E-state index contributed by atoms with van der Waals surface area (Å²) >= 11 is 0. The van der Waals surface area contributed by atoms with Gasteiger partial charge in [0, 0.05) is 17.2 Å². The maximum absolute atomic E-state index is 11.6. The van der Waals surface area contributed by atoms with Crippen molar-refractivity contribution in [3.63, 3.8) is 0 Å². The van der Waals surface area contributed by atoms with Gasteiger partial charge in [-0.1, -0.05) is 12.1 Å². The molecule has 29 heavy (non-hydrogen) atoms. The van der Waals surface area contributed by atoms with E-state index in [0.717, 1.165) is 5.52 Å². The van der Waals surface area contributed by atoms with Crippen LogP contribution in [-0.2, 0) is 0 Å². The van der Waals surface area contributed by atoms with Gasteiger partial charge in [0.15, 0.2) is 5.78 Å². The van der Waals surface area contributed by atoms with Crippen molar-refractivity contribution in [2.24, 2.45) is 0 Å². The second-order valence-electron chi connectivity index (χ2n) is 6.37. The Bertz CT molecular complexity index is 1240. The molecule has 0 atom stereocenters. The van der Waals surface area contributed by atoms with Crippen LogP contribution in [0.2, 0.25) is 0 Å². The molecule has 7 heteroatoms. The van der Waals surface area contributed by atoms with Crippen LogP contribution in [0.25, 0.3) is 22.3 Å². The first-order chi connectivity index (χ1) is 14.0. The first-order valence-electron chi connectivity index (χ1n) is 8.81. The van der Waals surface area contributed by atoms with E-state index in [2.05, 4.69) is 9.97 Å². The first kappa shape index (κ1) is 18.2. The molecule has 0 aliphatic heterocycles. The molecule has 0 spiro atoms. The van der Waals surface area contributed by atoms with Gasteiger partial charge in [-0.15, -0.1) is 0 Å². The van der Waals surface area contributed by atoms with Crippen molar-refractivity contribution >= 4 is 22.5 Å². The van der Waals surface area contributed by atoms with Crippen molar-refractivity contribution < 1.29 is 14.5 Å². The highest BCUT2D eigenvalue weighted by molar-refractivity contribution is 5.94. The van der Waals surface area contributed by atoms with Gasteiger partial charge in [-0.25, -0.2) is 4.98 Å². The molecule has 7 nitrogen and oxygen atoms in total. The minimum Gasteiger partial charge on any atom is -0.450 e. The SMILES string of the molecule is CC(=O)c1ccc(Oc2ccc(-c3cnc4ccccc4n3)cc2[N+](=O)[O-])cc1. The largest absolute Gasteiger partial charge is 0.450 e. The standard InChI is InChI=1S/C22H15N3O4/c1-14(26)15-6-9-17(10-7-15)29-22-11-8-16(12-21(22)25(27)28)20-13-23-18-4-2-3-5-19(18)24-20/h2-13H,1H3. The molecule has 0 aliphatic rings. The van der Waals surface area contributed by atoms with E-state index in [1.165, 1.54) is 19.1 Å². The summed E-state index contributed by atoms with van der Waals surface area (Å²) < 4.78 is 5.68. The van der Waals surface area contributed by atoms with Crippen LogP contribution in [-0.4, -0.2) is 20.7 Å². The molecule has 1 heterocycles. The summed E-state index contributed by atoms with van der Waals surface area (Å²) in [5.74, 6) is 0.433. The number of carbonyl (C=O) groups excluding carboxylic acids is 1. The van der Waals surface area contributed by atoms with Crippen LogP contribution < -0.4 is 4.74 Å². The summed E-state index contributed by atoms with van der Waals surface area (Å²) in [7, 11) is 0. The van der Waals surface area contributed by atoms with Gasteiger partial charge < -0.3 is 4.74 Å². The third-order valence-corrected chi connectivity index (χ3v) is 4.39. The minimum atomic E-state index is -0.503. The predicted octanol–water partition coefficient (Wildman–Crippen LogP) is 5.20. The van der Waals surface area contributed by atoms with Gasteiger partial charge in [0.25, 0.3) is 0 Å². The van der Waals surface area contributed by atoms with Crippen LogP contribution >= 0.6 is 0 Å². The number of aromatic nitrogens is 2. The number of nitrogens with zero attached hydrogens (tertiary/aromatic N) is 3. The van der Waals surface area contributed by atoms with Crippen LogP contribution in [0.4, 0.5) is 5.69 Å². The lowest BCUT2D eigenvalue weighted by atomic mass is 10.1. The molecule has 1 aromatic heterocycles. The summed E-state index contributed by atoms with van der Waals surface area (Å²) in [6.45, 7) is 1.47. The Morgan fingerprint density at radius 3 is 2.41 bits per heavy atom. The molecular formula is C22H15N3O4. The molecule has 3 aromatic carbocycles. The highest BCUT2D eigenvalue weighted by Gasteiger charge is 2.18. The molecule has 0 amide bonds. The summed E-state index contributed by atoms with van der Waals surface area (Å²) in [5, 5.41) is 11.6. The minimum absolute atomic E-state index is 0.0663. The number of fused-ring (bicyclic) bond motifs is 1. The van der Waals surface area contributed by atoms with Crippen molar-refractivity contribution in [1.29, 1.82) is 0 Å². The van der Waals surface area contributed by atoms with E-state index in [1.807, 2.05) is 24.3 Å². The van der Waals surface area contributed by atoms with Gasteiger partial charge >= 0.3 is 5.69 Å². The van der Waals surface area contributed by atoms with Crippen molar-refractivity contribution in [2.45, 2.75) is 6.92 Å². The summed E-state index contributed by atoms with van der Waals surface area (Å²) in [4.78, 5) is 31.3. The quantitative estimate of drug-likeness (QED) is 0.266. The first-order valence-corrected chi connectivity index (χ1v) is 8.81. The molecule has 0 saturated heterocycles. The lowest BCUT2D eigenvalue weighted by Gasteiger charge is -2.09. The van der Waals surface area contributed by atoms with E-state index in [9.17, 15) is 14.9 Å². The van der Waals surface area contributed by atoms with Gasteiger partial charge in [-0.2, -0.15) is 0 Å². The van der Waals surface area contributed by atoms with Gasteiger partial charge in [0.1, 0.15) is 5.75 Å². The van der Waals surface area contributed by atoms with Crippen LogP contribution in [0.1, 0.15) is 17.3 Å². The number of nitro groups is 1. The Morgan fingerprint density at radius 2 is 1.72 bits per heavy atom. The Hall–Kier alpha value is -4.13. The summed E-state index contributed by atoms with van der Waals surface area (Å²) in [6.07, 6.45) is 1.59. The van der Waals surface area contributed by atoms with Crippen molar-refractivity contribution in [3.8, 4) is 22.8 Å². The Balaban J connectivity index is 1.69. The highest BCUT2D eigenvalue weighted by atomic mass is 16.6. The van der Waals surface area contributed by atoms with Gasteiger partial charge in [-0.3, -0.25) is 19.9 Å². The average molecular weight is 385 g/mol. The van der Waals surface area contributed by atoms with E-state index < -0.39 is 4.92 Å². The van der Waals surface area contributed by atoms with Crippen LogP contribution in [0.15, 0.2) is 72.9 Å². The second-order valence-corrected chi connectivity index (χ2v) is 6.37. The number of Topliss-reactive ketones (excluding diaryl/α,β-unsaturated/α-hetero) is 1. The zero-order chi connectivity index (χ0) is 20.4. The van der Waals surface area contributed by atoms with Gasteiger partial charge in [0.05, 0.1) is 27.8 Å². The fourth-order valence-corrected chi connectivity index (χ4v) is 2.89. The topological polar surface area (TPSA) is 95.2 Å². The number of hydrogen-bond acceptors (Lipinski definition) is 6. The van der Waals surface area contributed by atoms with Gasteiger partial charge in [-0.05, 0) is 55.5 Å². The third-order valence-electron chi connectivity index (χ3n) is 4.39. The zero-order valence-corrected chi connectivity index (χ0v) is 15.4. The van der Waals surface area contributed by atoms with E-state index in [0.29, 0.717) is 28.1 Å². The third kappa shape index (κ3) is 3.79. The number of para-hydroxylation sites is 2. The number of carbonyl (C=O) groups is 1. The molecular weight excluding hydrogens is 370 g/mol. The molecule has 4 rings (SSSR count). The molecule has 0 saturated carbocycles. The zero-order valence-electron chi connectivity index (χ0n) is 15.4. The van der Waals surface area contributed by atoms with E-state index in [-0.39, 0.29) is 17.2 Å². The number of nitro benzene ring substituents is 1. The van der Waals surface area contributed by atoms with E-state index in [1.54, 1.807) is 36.5 Å². The molecule has 0 N–H and O–H groups in total. The predicted molar refractivity (Wildman–Crippen MR) is 108 cm³/mol. The summed E-state index contributed by atoms with van der Waals surface area (Å²) in [6, 6.07) is 18.5. The fraction of sp³-hybridized carbons (Fsp3) is 0.0455. The maximum atomic E-state index is 11.6. The molecule has 0 bridgehead atoms. The number of rotatable bonds is 5. The fourth-order valence-electron chi connectivity index (χ4n) is 2.89.